The fourth-order valence-electron chi connectivity index (χ4n) is 1.58. The summed E-state index contributed by atoms with van der Waals surface area (Å²) < 4.78 is 13.1. The zero-order valence-corrected chi connectivity index (χ0v) is 10.3. The van der Waals surface area contributed by atoms with Gasteiger partial charge in [-0.05, 0) is 43.4 Å². The number of benzene rings is 1. The van der Waals surface area contributed by atoms with Crippen molar-refractivity contribution in [2.24, 2.45) is 5.92 Å². The van der Waals surface area contributed by atoms with Gasteiger partial charge >= 0.3 is 0 Å². The average molecular weight is 224 g/mol. The van der Waals surface area contributed by atoms with Gasteiger partial charge in [0.2, 0.25) is 0 Å². The molecule has 1 aromatic rings. The summed E-state index contributed by atoms with van der Waals surface area (Å²) in [4.78, 5) is 0. The Kier molecular flexibility index (Phi) is 4.59. The highest BCUT2D eigenvalue weighted by molar-refractivity contribution is 5.67. The highest BCUT2D eigenvalue weighted by Crippen LogP contribution is 2.22. The van der Waals surface area contributed by atoms with Gasteiger partial charge in [0.25, 0.3) is 0 Å². The highest BCUT2D eigenvalue weighted by atomic mass is 19.1. The van der Waals surface area contributed by atoms with Crippen LogP contribution in [0.5, 0.6) is 0 Å². The van der Waals surface area contributed by atoms with Gasteiger partial charge in [0.05, 0.1) is 11.4 Å². The van der Waals surface area contributed by atoms with Crippen LogP contribution in [0.25, 0.3) is 0 Å². The zero-order chi connectivity index (χ0) is 12.1. The lowest BCUT2D eigenvalue weighted by Crippen LogP contribution is -2.06. The summed E-state index contributed by atoms with van der Waals surface area (Å²) in [6, 6.07) is 3.14. The van der Waals surface area contributed by atoms with E-state index in [-0.39, 0.29) is 5.82 Å². The highest BCUT2D eigenvalue weighted by Gasteiger charge is 2.04. The minimum Gasteiger partial charge on any atom is -0.397 e. The maximum atomic E-state index is 13.1. The van der Waals surface area contributed by atoms with Crippen molar-refractivity contribution in [3.63, 3.8) is 0 Å². The van der Waals surface area contributed by atoms with E-state index in [4.69, 9.17) is 5.73 Å². The molecular formula is C13H21FN2. The molecule has 0 heterocycles. The third kappa shape index (κ3) is 3.72. The molecule has 0 unspecified atom stereocenters. The molecule has 0 spiro atoms. The summed E-state index contributed by atoms with van der Waals surface area (Å²) in [5, 5.41) is 3.24. The summed E-state index contributed by atoms with van der Waals surface area (Å²) in [6.07, 6.45) is 2.29. The Hall–Kier alpha value is -1.25. The predicted molar refractivity (Wildman–Crippen MR) is 68.1 cm³/mol. The molecule has 1 aromatic carbocycles. The predicted octanol–water partition coefficient (Wildman–Crippen LogP) is 3.56. The number of nitrogens with one attached hydrogen (secondary N) is 1. The van der Waals surface area contributed by atoms with E-state index in [1.807, 2.05) is 0 Å². The zero-order valence-electron chi connectivity index (χ0n) is 10.3. The fourth-order valence-corrected chi connectivity index (χ4v) is 1.58. The maximum absolute atomic E-state index is 13.1. The van der Waals surface area contributed by atoms with Crippen LogP contribution in [-0.4, -0.2) is 6.54 Å². The number of anilines is 2. The summed E-state index contributed by atoms with van der Waals surface area (Å²) in [5.74, 6) is 0.472. The standard InChI is InChI=1S/C13H21FN2/c1-9(2)5-4-6-16-13-7-10(3)11(14)8-12(13)15/h7-9,16H,4-6,15H2,1-3H3. The summed E-state index contributed by atoms with van der Waals surface area (Å²) >= 11 is 0. The molecule has 2 nitrogen and oxygen atoms in total. The van der Waals surface area contributed by atoms with Crippen LogP contribution in [0.4, 0.5) is 15.8 Å². The Morgan fingerprint density at radius 2 is 2.06 bits per heavy atom. The van der Waals surface area contributed by atoms with E-state index in [1.165, 1.54) is 12.5 Å². The second-order valence-corrected chi connectivity index (χ2v) is 4.65. The first-order valence-electron chi connectivity index (χ1n) is 5.80. The molecule has 0 saturated heterocycles. The molecule has 3 heteroatoms. The van der Waals surface area contributed by atoms with Crippen LogP contribution in [0, 0.1) is 18.7 Å². The maximum Gasteiger partial charge on any atom is 0.128 e. The second kappa shape index (κ2) is 5.73. The van der Waals surface area contributed by atoms with E-state index in [9.17, 15) is 4.39 Å². The summed E-state index contributed by atoms with van der Waals surface area (Å²) in [6.45, 7) is 7.04. The fraction of sp³-hybridized carbons (Fsp3) is 0.538. The molecule has 0 aliphatic carbocycles. The number of nitrogen functional groups attached to an aromatic ring is 1. The van der Waals surface area contributed by atoms with Crippen LogP contribution in [0.2, 0.25) is 0 Å². The molecule has 3 N–H and O–H groups in total. The first-order valence-corrected chi connectivity index (χ1v) is 5.80. The van der Waals surface area contributed by atoms with Gasteiger partial charge in [0.1, 0.15) is 5.82 Å². The van der Waals surface area contributed by atoms with Crippen LogP contribution in [0.3, 0.4) is 0 Å². The van der Waals surface area contributed by atoms with E-state index >= 15 is 0 Å². The van der Waals surface area contributed by atoms with Gasteiger partial charge in [-0.1, -0.05) is 13.8 Å². The summed E-state index contributed by atoms with van der Waals surface area (Å²) in [7, 11) is 0. The van der Waals surface area contributed by atoms with Crippen molar-refractivity contribution in [3.05, 3.63) is 23.5 Å². The molecule has 0 radical (unpaired) electrons. The van der Waals surface area contributed by atoms with E-state index in [1.54, 1.807) is 13.0 Å². The lowest BCUT2D eigenvalue weighted by molar-refractivity contribution is 0.567. The Bertz CT molecular complexity index is 348. The van der Waals surface area contributed by atoms with Gasteiger partial charge in [-0.2, -0.15) is 0 Å². The average Bonchev–Trinajstić information content (AvgIpc) is 2.19. The third-order valence-electron chi connectivity index (χ3n) is 2.60. The van der Waals surface area contributed by atoms with Crippen molar-refractivity contribution in [1.82, 2.24) is 0 Å². The van der Waals surface area contributed by atoms with Gasteiger partial charge in [0, 0.05) is 6.54 Å². The molecule has 1 rings (SSSR count). The number of hydrogen-bond acceptors (Lipinski definition) is 2. The third-order valence-corrected chi connectivity index (χ3v) is 2.60. The molecule has 0 atom stereocenters. The molecule has 0 aromatic heterocycles. The number of halogens is 1. The topological polar surface area (TPSA) is 38.0 Å². The van der Waals surface area contributed by atoms with Gasteiger partial charge in [-0.25, -0.2) is 4.39 Å². The van der Waals surface area contributed by atoms with Crippen molar-refractivity contribution >= 4 is 11.4 Å². The molecule has 90 valence electrons. The molecule has 16 heavy (non-hydrogen) atoms. The molecule has 0 aliphatic heterocycles. The Morgan fingerprint density at radius 3 is 2.69 bits per heavy atom. The number of hydrogen-bond donors (Lipinski definition) is 2. The van der Waals surface area contributed by atoms with E-state index < -0.39 is 0 Å². The lowest BCUT2D eigenvalue weighted by Gasteiger charge is -2.11. The van der Waals surface area contributed by atoms with Gasteiger partial charge in [0.15, 0.2) is 0 Å². The van der Waals surface area contributed by atoms with E-state index in [2.05, 4.69) is 19.2 Å². The largest absolute Gasteiger partial charge is 0.397 e. The van der Waals surface area contributed by atoms with Crippen LogP contribution in [0.15, 0.2) is 12.1 Å². The SMILES string of the molecule is Cc1cc(NCCCC(C)C)c(N)cc1F. The van der Waals surface area contributed by atoms with Crippen molar-refractivity contribution in [2.75, 3.05) is 17.6 Å². The van der Waals surface area contributed by atoms with Crippen molar-refractivity contribution in [2.45, 2.75) is 33.6 Å². The van der Waals surface area contributed by atoms with Crippen LogP contribution < -0.4 is 11.1 Å². The Balaban J connectivity index is 2.51. The van der Waals surface area contributed by atoms with Crippen molar-refractivity contribution in [3.8, 4) is 0 Å². The van der Waals surface area contributed by atoms with Gasteiger partial charge in [-0.3, -0.25) is 0 Å². The monoisotopic (exact) mass is 224 g/mol. The quantitative estimate of drug-likeness (QED) is 0.592. The summed E-state index contributed by atoms with van der Waals surface area (Å²) in [5.41, 5.74) is 7.67. The first-order chi connectivity index (χ1) is 7.50. The molecule has 0 aliphatic rings. The minimum atomic E-state index is -0.245. The van der Waals surface area contributed by atoms with E-state index in [0.717, 1.165) is 18.7 Å². The molecule has 0 amide bonds. The number of aryl methyl sites for hydroxylation is 1. The van der Waals surface area contributed by atoms with E-state index in [0.29, 0.717) is 17.2 Å². The Labute approximate surface area is 97.0 Å². The smallest absolute Gasteiger partial charge is 0.128 e. The number of rotatable bonds is 5. The molecule has 0 bridgehead atoms. The first kappa shape index (κ1) is 12.8. The van der Waals surface area contributed by atoms with Crippen LogP contribution in [0.1, 0.15) is 32.3 Å². The minimum absolute atomic E-state index is 0.245. The van der Waals surface area contributed by atoms with Crippen molar-refractivity contribution < 1.29 is 4.39 Å². The van der Waals surface area contributed by atoms with Crippen molar-refractivity contribution in [1.29, 1.82) is 0 Å². The molecule has 0 saturated carbocycles. The molecule has 0 fully saturated rings. The number of nitrogens with two attached hydrogens (primary N) is 1. The van der Waals surface area contributed by atoms with Crippen LogP contribution >= 0.6 is 0 Å². The van der Waals surface area contributed by atoms with Gasteiger partial charge < -0.3 is 11.1 Å². The van der Waals surface area contributed by atoms with Gasteiger partial charge in [-0.15, -0.1) is 0 Å². The molecular weight excluding hydrogens is 203 g/mol. The Morgan fingerprint density at radius 1 is 1.38 bits per heavy atom. The second-order valence-electron chi connectivity index (χ2n) is 4.65. The normalized spacial score (nSPS) is 10.8. The van der Waals surface area contributed by atoms with Crippen LogP contribution in [-0.2, 0) is 0 Å². The lowest BCUT2D eigenvalue weighted by atomic mass is 10.1.